The van der Waals surface area contributed by atoms with Gasteiger partial charge in [-0.15, -0.1) is 0 Å². The molecule has 2 amide bonds. The number of carbonyl (C=O) groups is 2. The van der Waals surface area contributed by atoms with Crippen LogP contribution in [-0.2, 0) is 80.4 Å². The van der Waals surface area contributed by atoms with Crippen LogP contribution in [0.15, 0.2) is 94.7 Å². The Bertz CT molecular complexity index is 3710. The fourth-order valence-corrected chi connectivity index (χ4v) is 15.0. The summed E-state index contributed by atoms with van der Waals surface area (Å²) >= 11 is 0. The average molecular weight is 1500 g/mol. The monoisotopic (exact) mass is 1490 g/mol. The standard InChI is InChI=1S/C31H43N3O12S2.C30H41N3O10S.CH3ClO2S.2CH4/c1-20(2)16-34(48(39,40)23-8-9-27-28(15-23)45-19-44-27)17-26(35)25(33-31(36)46-29-18-43-30-24(29)10-12-42-30)14-21-4-6-22(7-5-21)41-13-11-32-47(3,37)38;1-19(2)15-33(44(36,37)22-7-8-26-27(14-22)42-18-41-26)16-25(34)24(13-20-3-5-21(6-4-20)38-12-10-31)32-30(35)43-28-17-40-29-23(28)9-11-39-29;1-5(2,3)4;;/h4-9,15,20,24-26,29-30,32,35H,10-14,16-19H2,1-3H3,(H,33,36);3-8,14,19,23-25,28-29,34H,9-13,15-18,31H2,1-2H3,(H,32,35);1H3;2*1H4/t24-,25-,26+,29+,30+;23-,24-,25+,28+,29+;;;/m00.../s1. The van der Waals surface area contributed by atoms with Gasteiger partial charge in [-0.05, 0) is 97.2 Å². The summed E-state index contributed by atoms with van der Waals surface area (Å²) in [6, 6.07) is 21.0. The van der Waals surface area contributed by atoms with Crippen molar-refractivity contribution >= 4 is 62.0 Å². The number of fused-ring (bicyclic) bond motifs is 4. The summed E-state index contributed by atoms with van der Waals surface area (Å²) in [5.41, 5.74) is 7.02. The smallest absolute Gasteiger partial charge is 0.407 e. The number of carbonyl (C=O) groups excluding carboxylic acids is 2. The molecular formula is C64H95ClN6O24S4. The highest BCUT2D eigenvalue weighted by Crippen LogP contribution is 2.38. The highest BCUT2D eigenvalue weighted by molar-refractivity contribution is 8.13. The number of ether oxygens (including phenoxy) is 12. The minimum absolute atomic E-state index is 0. The van der Waals surface area contributed by atoms with Crippen LogP contribution < -0.4 is 49.5 Å². The van der Waals surface area contributed by atoms with Crippen LogP contribution in [0.25, 0.3) is 0 Å². The van der Waals surface area contributed by atoms with Crippen molar-refractivity contribution in [3.8, 4) is 34.5 Å². The van der Waals surface area contributed by atoms with Crippen molar-refractivity contribution in [3.63, 3.8) is 0 Å². The zero-order valence-electron chi connectivity index (χ0n) is 54.6. The first-order valence-corrected chi connectivity index (χ1v) is 39.0. The van der Waals surface area contributed by atoms with Crippen LogP contribution >= 0.6 is 10.7 Å². The highest BCUT2D eigenvalue weighted by atomic mass is 35.7. The maximum absolute atomic E-state index is 13.9. The molecule has 4 aromatic carbocycles. The predicted molar refractivity (Wildman–Crippen MR) is 364 cm³/mol. The normalized spacial score (nSPS) is 20.9. The molecule has 4 fully saturated rings. The van der Waals surface area contributed by atoms with E-state index in [1.165, 1.54) is 38.9 Å². The van der Waals surface area contributed by atoms with E-state index in [0.29, 0.717) is 72.8 Å². The highest BCUT2D eigenvalue weighted by Gasteiger charge is 2.46. The summed E-state index contributed by atoms with van der Waals surface area (Å²) in [5, 5.41) is 28.7. The molecule has 0 aromatic heterocycles. The zero-order valence-corrected chi connectivity index (χ0v) is 58.6. The number of hydrogen-bond donors (Lipinski definition) is 6. The SMILES string of the molecule is C.C.CC(C)CN(C[C@@H](O)[C@H](Cc1ccc(OCCN)cc1)NC(=O)O[C@@H]1CO[C@H]2OCC[C@H]21)S(=O)(=O)c1ccc2c(c1)OCO2.CC(C)CN(C[C@@H](O)[C@H](Cc1ccc(OCCNS(C)(=O)=O)cc1)NC(=O)O[C@@H]1CO[C@H]2OCC[C@H]21)S(=O)(=O)c1ccc2c(c1)OCO2.CS(=O)(=O)Cl. The molecule has 0 radical (unpaired) electrons. The molecule has 10 atom stereocenters. The topological polar surface area (TPSA) is 391 Å². The number of amides is 2. The molecule has 35 heteroatoms. The number of hydrogen-bond acceptors (Lipinski definition) is 25. The van der Waals surface area contributed by atoms with E-state index in [1.54, 1.807) is 42.5 Å². The number of alkyl carbamates (subject to hydrolysis) is 2. The second-order valence-corrected chi connectivity index (χ2v) is 33.3. The minimum Gasteiger partial charge on any atom is -0.492 e. The van der Waals surface area contributed by atoms with Crippen LogP contribution in [0.1, 0.15) is 66.5 Å². The molecule has 6 heterocycles. The Hall–Kier alpha value is -6.09. The summed E-state index contributed by atoms with van der Waals surface area (Å²) < 4.78 is 168. The van der Waals surface area contributed by atoms with Crippen LogP contribution in [0.4, 0.5) is 9.59 Å². The second kappa shape index (κ2) is 37.2. The van der Waals surface area contributed by atoms with E-state index in [2.05, 4.69) is 26.0 Å². The van der Waals surface area contributed by atoms with Crippen molar-refractivity contribution in [1.82, 2.24) is 24.0 Å². The van der Waals surface area contributed by atoms with Crippen molar-refractivity contribution in [1.29, 1.82) is 0 Å². The third-order valence-corrected chi connectivity index (χ3v) is 20.2. The number of nitrogens with one attached hydrogen (secondary N) is 3. The lowest BCUT2D eigenvalue weighted by Gasteiger charge is -2.31. The Balaban J connectivity index is 0.000000287. The maximum atomic E-state index is 13.9. The molecule has 556 valence electrons. The molecule has 6 aliphatic heterocycles. The van der Waals surface area contributed by atoms with Crippen LogP contribution in [0, 0.1) is 23.7 Å². The molecular weight excluding hydrogens is 1400 g/mol. The maximum Gasteiger partial charge on any atom is 0.407 e. The van der Waals surface area contributed by atoms with E-state index >= 15 is 0 Å². The van der Waals surface area contributed by atoms with E-state index in [4.69, 9.17) is 62.6 Å². The molecule has 0 spiro atoms. The van der Waals surface area contributed by atoms with Crippen molar-refractivity contribution in [2.75, 3.05) is 105 Å². The molecule has 0 unspecified atom stereocenters. The third kappa shape index (κ3) is 24.6. The third-order valence-electron chi connectivity index (χ3n) is 15.8. The van der Waals surface area contributed by atoms with Gasteiger partial charge in [0.2, 0.25) is 52.7 Å². The molecule has 6 aliphatic rings. The number of halogens is 1. The first-order chi connectivity index (χ1) is 45.9. The minimum atomic E-state index is -4.10. The van der Waals surface area contributed by atoms with Gasteiger partial charge in [-0.2, -0.15) is 8.61 Å². The lowest BCUT2D eigenvalue weighted by atomic mass is 10.0. The Morgan fingerprint density at radius 3 is 1.33 bits per heavy atom. The summed E-state index contributed by atoms with van der Waals surface area (Å²) in [5.74, 6) is 2.40. The lowest BCUT2D eigenvalue weighted by Crippen LogP contribution is -2.51. The number of nitrogens with zero attached hydrogens (tertiary/aromatic N) is 2. The van der Waals surface area contributed by atoms with Gasteiger partial charge in [-0.3, -0.25) is 0 Å². The molecule has 4 aromatic rings. The number of nitrogens with two attached hydrogens (primary N) is 1. The van der Waals surface area contributed by atoms with Gasteiger partial charge < -0.3 is 83.4 Å². The van der Waals surface area contributed by atoms with Crippen molar-refractivity contribution in [2.45, 2.75) is 127 Å². The molecule has 10 rings (SSSR count). The number of benzene rings is 4. The van der Waals surface area contributed by atoms with Gasteiger partial charge >= 0.3 is 12.2 Å². The van der Waals surface area contributed by atoms with Gasteiger partial charge in [0.1, 0.15) is 36.9 Å². The summed E-state index contributed by atoms with van der Waals surface area (Å²) in [6.45, 7) is 9.58. The van der Waals surface area contributed by atoms with E-state index in [-0.39, 0.29) is 134 Å². The van der Waals surface area contributed by atoms with Crippen LogP contribution in [0.2, 0.25) is 0 Å². The molecule has 7 N–H and O–H groups in total. The molecule has 99 heavy (non-hydrogen) atoms. The van der Waals surface area contributed by atoms with Gasteiger partial charge in [0, 0.05) is 62.1 Å². The molecule has 4 saturated heterocycles. The zero-order chi connectivity index (χ0) is 70.2. The van der Waals surface area contributed by atoms with Crippen LogP contribution in [-0.4, -0.2) is 219 Å². The van der Waals surface area contributed by atoms with Gasteiger partial charge in [0.05, 0.1) is 84.9 Å². The fraction of sp³-hybridized carbons (Fsp3) is 0.594. The Labute approximate surface area is 585 Å². The molecule has 0 saturated carbocycles. The van der Waals surface area contributed by atoms with Gasteiger partial charge in [0.15, 0.2) is 35.6 Å². The fourth-order valence-electron chi connectivity index (χ4n) is 11.2. The largest absolute Gasteiger partial charge is 0.492 e. The lowest BCUT2D eigenvalue weighted by molar-refractivity contribution is -0.0909. The van der Waals surface area contributed by atoms with E-state index in [1.807, 2.05) is 39.8 Å². The number of rotatable bonds is 30. The average Bonchev–Trinajstić information content (AvgIpc) is 1.59. The summed E-state index contributed by atoms with van der Waals surface area (Å²) in [6.07, 6.45) is -2.23. The predicted octanol–water partition coefficient (Wildman–Crippen LogP) is 4.77. The number of aliphatic hydroxyl groups excluding tert-OH is 2. The quantitative estimate of drug-likeness (QED) is 0.0302. The Morgan fingerprint density at radius 1 is 0.576 bits per heavy atom. The summed E-state index contributed by atoms with van der Waals surface area (Å²) in [4.78, 5) is 26.3. The Kier molecular flexibility index (Phi) is 30.8. The summed E-state index contributed by atoms with van der Waals surface area (Å²) in [7, 11) is -10.2. The second-order valence-electron chi connectivity index (χ2n) is 24.6. The first-order valence-electron chi connectivity index (χ1n) is 31.5. The van der Waals surface area contributed by atoms with E-state index in [0.717, 1.165) is 24.5 Å². The van der Waals surface area contributed by atoms with E-state index in [9.17, 15) is 53.5 Å². The number of sulfonamides is 3. The first kappa shape index (κ1) is 81.9. The van der Waals surface area contributed by atoms with Gasteiger partial charge in [0.25, 0.3) is 0 Å². The Morgan fingerprint density at radius 2 is 0.960 bits per heavy atom. The number of aliphatic hydroxyl groups is 2. The van der Waals surface area contributed by atoms with Crippen LogP contribution in [0.5, 0.6) is 34.5 Å². The van der Waals surface area contributed by atoms with Gasteiger partial charge in [-0.1, -0.05) is 66.8 Å². The van der Waals surface area contributed by atoms with E-state index < -0.39 is 94.1 Å². The molecule has 30 nitrogen and oxygen atoms in total. The molecule has 0 bridgehead atoms. The van der Waals surface area contributed by atoms with Crippen molar-refractivity contribution < 1.29 is 110 Å². The van der Waals surface area contributed by atoms with Crippen molar-refractivity contribution in [3.05, 3.63) is 96.1 Å². The van der Waals surface area contributed by atoms with Crippen molar-refractivity contribution in [2.24, 2.45) is 29.4 Å². The molecule has 0 aliphatic carbocycles. The van der Waals surface area contributed by atoms with Crippen LogP contribution in [0.3, 0.4) is 0 Å². The van der Waals surface area contributed by atoms with Gasteiger partial charge in [-0.25, -0.2) is 48.0 Å².